The normalized spacial score (nSPS) is 31.2. The van der Waals surface area contributed by atoms with Crippen molar-refractivity contribution in [2.24, 2.45) is 70.3 Å². The number of methoxy groups -OCH3 is 2. The van der Waals surface area contributed by atoms with E-state index in [-0.39, 0.29) is 106 Å². The van der Waals surface area contributed by atoms with E-state index in [2.05, 4.69) is 0 Å². The highest BCUT2D eigenvalue weighted by Gasteiger charge is 2.67. The largest absolute Gasteiger partial charge is 0.497 e. The van der Waals surface area contributed by atoms with Crippen molar-refractivity contribution in [3.63, 3.8) is 0 Å². The van der Waals surface area contributed by atoms with E-state index in [0.29, 0.717) is 96.9 Å². The van der Waals surface area contributed by atoms with E-state index >= 15 is 4.79 Å². The SMILES string of the molecule is C.CC[C@@H]1[C@@H]2CN(C(=O)[C@H](C3CCCC3)CC(=O)O[C@@H]3C[C@H]3CCCCCc3nc4ccc(OC)cc4nc3O2)[C@@H]1C(=O)C[C@]1(C(=O)NS(=O)(=O)C2CC2)C[C@H]1C(F)F.CC[C@@H]1[C@@H]2CN(C(=O)[C@H](C3CCCC3)CC(=O)O[C@@H]3C[C@H]3CCCCCc3nc4ccc(OC)cc4nc3O2)[C@@H]1C(=O)O.Cl.N[C@]1(C(=O)NS(=O)(=O)C2CC2)C[C@H]1C(F)F. The van der Waals surface area contributed by atoms with Gasteiger partial charge >= 0.3 is 17.9 Å². The van der Waals surface area contributed by atoms with Crippen LogP contribution in [0.15, 0.2) is 36.4 Å². The molecular formula is C84H114ClF4N9O19S2. The molecule has 2 saturated heterocycles. The number of esters is 2. The van der Waals surface area contributed by atoms with Gasteiger partial charge in [0.2, 0.25) is 62.4 Å². The number of ketones is 1. The number of alkyl halides is 4. The van der Waals surface area contributed by atoms with Gasteiger partial charge in [0, 0.05) is 42.2 Å². The average molecular weight is 1730 g/mol. The zero-order chi connectivity index (χ0) is 83.2. The van der Waals surface area contributed by atoms with Gasteiger partial charge in [0.1, 0.15) is 58.9 Å². The number of ether oxygens (including phenoxy) is 6. The standard InChI is InChI=1S/C42H54F2N4O9S.C33H43N3O7.C8H12F2N2O3S.CH4.ClH/c1-3-27-35-22-48(37(27)33(49)21-42(20-29(42)38(43)44)41(52)47-58(53,54)26-14-15-26)40(51)28(23-9-7-8-10-23)19-36(50)56-34-17-24(34)11-5-4-6-12-31-39(57-35)46-32-18-25(55-2)13-16-30(32)45-31;1-3-22-28-18-36(30(22)33(39)40)32(38)23(19-9-7-8-10-19)17-29(37)42-27-15-20(27)11-5-4-6-12-25-31(43-28)35-26-16-21(41-2)13-14-24(26)34-25;9-6(10)5-3-8(5,11)7(13)12-16(14,15)4-1-2-4;;/h13,16,18,23-24,26-29,34-35,37-38H,3-12,14-15,17,19-22H2,1-2H3,(H,47,52);13-14,16,19-20,22-23,27-28,30H,3-12,15,17-18H2,1-2H3,(H,39,40);4-6H,1-3,11H2,(H,12,13);1H4;1H/t24-,27-,28+,29+,34-,35+,37+,42-;20-,22-,23+,27-,28+,30+;5-,8+;;/m110../s1. The van der Waals surface area contributed by atoms with Gasteiger partial charge in [0.15, 0.2) is 5.78 Å². The van der Waals surface area contributed by atoms with Crippen LogP contribution in [0.5, 0.6) is 23.3 Å². The number of Topliss-reactive ketones (excluding diaryl/α,β-unsaturated/α-hetero) is 1. The van der Waals surface area contributed by atoms with E-state index in [0.717, 1.165) is 127 Å². The number of aliphatic carboxylic acids is 1. The molecule has 10 fully saturated rings. The Kier molecular flexibility index (Phi) is 28.5. The monoisotopic (exact) mass is 1730 g/mol. The smallest absolute Gasteiger partial charge is 0.326 e. The van der Waals surface area contributed by atoms with Gasteiger partial charge in [-0.05, 0) is 176 Å². The Morgan fingerprint density at radius 3 is 1.35 bits per heavy atom. The molecule has 4 aromatic rings. The number of aromatic nitrogens is 4. The minimum atomic E-state index is -4.09. The summed E-state index contributed by atoms with van der Waals surface area (Å²) in [5.41, 5.74) is 5.69. The lowest BCUT2D eigenvalue weighted by Crippen LogP contribution is -2.49. The lowest BCUT2D eigenvalue weighted by atomic mass is 9.84. The number of hydrogen-bond acceptors (Lipinski definition) is 23. The Morgan fingerprint density at radius 1 is 0.546 bits per heavy atom. The molecular weight excluding hydrogens is 1610 g/mol. The first-order valence-corrected chi connectivity index (χ1v) is 45.3. The molecule has 5 N–H and O–H groups in total. The Bertz CT molecular complexity index is 4660. The van der Waals surface area contributed by atoms with E-state index < -0.39 is 156 Å². The van der Waals surface area contributed by atoms with Gasteiger partial charge in [-0.2, -0.15) is 0 Å². The number of carboxylic acids is 1. The lowest BCUT2D eigenvalue weighted by Gasteiger charge is -2.32. The molecule has 8 saturated carbocycles. The maximum Gasteiger partial charge on any atom is 0.326 e. The molecule has 0 unspecified atom stereocenters. The number of hydrogen-bond donors (Lipinski definition) is 4. The zero-order valence-corrected chi connectivity index (χ0v) is 69.6. The van der Waals surface area contributed by atoms with Crippen molar-refractivity contribution in [3.05, 3.63) is 47.8 Å². The third kappa shape index (κ3) is 20.4. The van der Waals surface area contributed by atoms with Crippen LogP contribution in [0.2, 0.25) is 0 Å². The summed E-state index contributed by atoms with van der Waals surface area (Å²) < 4.78 is 141. The molecule has 119 heavy (non-hydrogen) atoms. The Balaban J connectivity index is 0.000000186. The second-order valence-electron chi connectivity index (χ2n) is 34.8. The Labute approximate surface area is 698 Å². The van der Waals surface area contributed by atoms with E-state index in [1.807, 2.05) is 48.9 Å². The number of nitrogens with one attached hydrogen (secondary N) is 2. The molecule has 16 atom stereocenters. The van der Waals surface area contributed by atoms with Crippen LogP contribution in [0.3, 0.4) is 0 Å². The van der Waals surface area contributed by atoms with Crippen molar-refractivity contribution in [2.45, 2.75) is 286 Å². The number of carboxylic acid groups (broad SMARTS) is 1. The highest BCUT2D eigenvalue weighted by molar-refractivity contribution is 7.91. The number of carbonyl (C=O) groups excluding carboxylic acids is 7. The number of benzene rings is 2. The first-order chi connectivity index (χ1) is 55.9. The fourth-order valence-electron chi connectivity index (χ4n) is 19.1. The Hall–Kier alpha value is -7.85. The highest BCUT2D eigenvalue weighted by Crippen LogP contribution is 2.60. The fraction of sp³-hybridized carbons (Fsp3) is 0.714. The maximum absolute atomic E-state index is 15.0. The average Bonchev–Trinajstić information content (AvgIpc) is 1.56. The van der Waals surface area contributed by atoms with E-state index in [1.54, 1.807) is 25.0 Å². The van der Waals surface area contributed by atoms with Crippen LogP contribution in [0.4, 0.5) is 17.6 Å². The van der Waals surface area contributed by atoms with Gasteiger partial charge in [-0.15, -0.1) is 12.4 Å². The van der Waals surface area contributed by atoms with E-state index in [9.17, 15) is 73.1 Å². The van der Waals surface area contributed by atoms with Crippen LogP contribution >= 0.6 is 12.4 Å². The van der Waals surface area contributed by atoms with E-state index in [4.69, 9.17) is 54.1 Å². The predicted molar refractivity (Wildman–Crippen MR) is 429 cm³/mol. The van der Waals surface area contributed by atoms with Crippen molar-refractivity contribution in [1.29, 1.82) is 0 Å². The van der Waals surface area contributed by atoms with Gasteiger partial charge in [-0.1, -0.05) is 72.6 Å². The summed E-state index contributed by atoms with van der Waals surface area (Å²) in [5, 5.41) is 9.06. The first kappa shape index (κ1) is 90.4. The van der Waals surface area contributed by atoms with Gasteiger partial charge in [-0.3, -0.25) is 43.0 Å². The van der Waals surface area contributed by atoms with Crippen LogP contribution in [0, 0.1) is 64.6 Å². The molecule has 0 radical (unpaired) electrons. The van der Waals surface area contributed by atoms with Crippen molar-refractivity contribution in [3.8, 4) is 23.3 Å². The molecule has 4 aliphatic heterocycles. The summed E-state index contributed by atoms with van der Waals surface area (Å²) >= 11 is 0. The number of carbonyl (C=O) groups is 8. The Morgan fingerprint density at radius 2 is 0.958 bits per heavy atom. The molecule has 35 heteroatoms. The minimum absolute atomic E-state index is 0. The molecule has 4 amide bonds. The van der Waals surface area contributed by atoms with Crippen LogP contribution < -0.4 is 34.1 Å². The second-order valence-corrected chi connectivity index (χ2v) is 38.7. The number of amides is 4. The van der Waals surface area contributed by atoms with Crippen molar-refractivity contribution < 1.29 is 106 Å². The molecule has 2 aromatic carbocycles. The maximum atomic E-state index is 15.0. The van der Waals surface area contributed by atoms with Crippen LogP contribution in [0.25, 0.3) is 22.1 Å². The zero-order valence-electron chi connectivity index (χ0n) is 67.1. The van der Waals surface area contributed by atoms with Crippen molar-refractivity contribution >= 4 is 102 Å². The quantitative estimate of drug-likeness (QED) is 0.0531. The van der Waals surface area contributed by atoms with E-state index in [1.165, 1.54) is 9.80 Å². The molecule has 28 nitrogen and oxygen atoms in total. The second kappa shape index (κ2) is 37.5. The van der Waals surface area contributed by atoms with Crippen LogP contribution in [0.1, 0.15) is 219 Å². The third-order valence-electron chi connectivity index (χ3n) is 26.8. The predicted octanol–water partition coefficient (Wildman–Crippen LogP) is 11.3. The molecule has 8 aliphatic carbocycles. The molecule has 6 heterocycles. The number of aryl methyl sites for hydroxylation is 2. The number of nitrogens with zero attached hydrogens (tertiary/aromatic N) is 6. The summed E-state index contributed by atoms with van der Waals surface area (Å²) in [6.45, 7) is 3.84. The highest BCUT2D eigenvalue weighted by atomic mass is 35.5. The molecule has 4 bridgehead atoms. The van der Waals surface area contributed by atoms with Crippen LogP contribution in [-0.4, -0.2) is 192 Å². The summed E-state index contributed by atoms with van der Waals surface area (Å²) in [7, 11) is -4.64. The number of nitrogens with two attached hydrogens (primary N) is 1. The topological polar surface area (TPSA) is 389 Å². The summed E-state index contributed by atoms with van der Waals surface area (Å²) in [6.07, 6.45) is 11.3. The number of halogens is 5. The molecule has 0 spiro atoms. The summed E-state index contributed by atoms with van der Waals surface area (Å²) in [5.74, 6) is -8.03. The molecule has 2 aromatic heterocycles. The third-order valence-corrected chi connectivity index (χ3v) is 30.4. The summed E-state index contributed by atoms with van der Waals surface area (Å²) in [6, 6.07) is 8.71. The van der Waals surface area contributed by atoms with Gasteiger partial charge in [0.05, 0.1) is 96.0 Å². The van der Waals surface area contributed by atoms with Crippen molar-refractivity contribution in [2.75, 3.05) is 27.3 Å². The lowest BCUT2D eigenvalue weighted by molar-refractivity contribution is -0.155. The van der Waals surface area contributed by atoms with Gasteiger partial charge < -0.3 is 49.1 Å². The van der Waals surface area contributed by atoms with Gasteiger partial charge in [0.25, 0.3) is 5.91 Å². The first-order valence-electron chi connectivity index (χ1n) is 42.2. The molecule has 12 aliphatic rings. The number of rotatable bonds is 18. The number of fused-ring (bicyclic) bond motifs is 10. The summed E-state index contributed by atoms with van der Waals surface area (Å²) in [4.78, 5) is 131. The number of sulfonamides is 2. The van der Waals surface area contributed by atoms with Crippen molar-refractivity contribution in [1.82, 2.24) is 39.2 Å². The van der Waals surface area contributed by atoms with Crippen LogP contribution in [-0.2, 0) is 80.7 Å². The minimum Gasteiger partial charge on any atom is -0.497 e. The molecule has 656 valence electrons. The molecule has 16 rings (SSSR count). The fourth-order valence-corrected chi connectivity index (χ4v) is 21.9. The van der Waals surface area contributed by atoms with Gasteiger partial charge in [-0.25, -0.2) is 59.1 Å².